The first kappa shape index (κ1) is 17.0. The van der Waals surface area contributed by atoms with Gasteiger partial charge in [-0.05, 0) is 25.2 Å². The predicted octanol–water partition coefficient (Wildman–Crippen LogP) is 1.94. The number of hydrogen-bond acceptors (Lipinski definition) is 4. The number of carbonyl (C=O) groups is 1. The summed E-state index contributed by atoms with van der Waals surface area (Å²) in [5.74, 6) is 0.829. The van der Waals surface area contributed by atoms with Crippen molar-refractivity contribution in [2.75, 3.05) is 32.8 Å². The number of hydrogen-bond donors (Lipinski definition) is 0. The van der Waals surface area contributed by atoms with Crippen LogP contribution in [0.1, 0.15) is 45.1 Å². The molecule has 1 amide bonds. The molecule has 0 N–H and O–H groups in total. The molecule has 2 saturated heterocycles. The highest BCUT2D eigenvalue weighted by Gasteiger charge is 2.39. The molecule has 0 aromatic carbocycles. The van der Waals surface area contributed by atoms with Crippen LogP contribution in [0.15, 0.2) is 18.7 Å². The van der Waals surface area contributed by atoms with Gasteiger partial charge in [-0.25, -0.2) is 4.98 Å². The van der Waals surface area contributed by atoms with Gasteiger partial charge in [0.1, 0.15) is 6.04 Å². The number of carbonyl (C=O) groups excluding carboxylic acids is 1. The van der Waals surface area contributed by atoms with Gasteiger partial charge >= 0.3 is 0 Å². The molecule has 25 heavy (non-hydrogen) atoms. The molecular weight excluding hydrogens is 316 g/mol. The highest BCUT2D eigenvalue weighted by atomic mass is 16.5. The number of amides is 1. The molecular formula is C19H30N4O2. The van der Waals surface area contributed by atoms with E-state index in [4.69, 9.17) is 4.74 Å². The van der Waals surface area contributed by atoms with Crippen molar-refractivity contribution < 1.29 is 9.53 Å². The first-order valence-electron chi connectivity index (χ1n) is 9.84. The minimum atomic E-state index is -0.0892. The number of piperidine rings is 1. The van der Waals surface area contributed by atoms with Crippen molar-refractivity contribution in [1.82, 2.24) is 19.4 Å². The number of imidazole rings is 1. The van der Waals surface area contributed by atoms with Gasteiger partial charge in [0.15, 0.2) is 0 Å². The Labute approximate surface area is 150 Å². The van der Waals surface area contributed by atoms with Crippen LogP contribution in [0.5, 0.6) is 0 Å². The number of nitrogens with zero attached hydrogens (tertiary/aromatic N) is 4. The van der Waals surface area contributed by atoms with Crippen LogP contribution in [0.25, 0.3) is 0 Å². The van der Waals surface area contributed by atoms with E-state index >= 15 is 0 Å². The third kappa shape index (κ3) is 3.47. The van der Waals surface area contributed by atoms with E-state index in [0.717, 1.165) is 32.7 Å². The van der Waals surface area contributed by atoms with Crippen LogP contribution in [0, 0.1) is 5.92 Å². The average Bonchev–Trinajstić information content (AvgIpc) is 3.35. The highest BCUT2D eigenvalue weighted by molar-refractivity contribution is 5.82. The third-order valence-electron chi connectivity index (χ3n) is 6.39. The van der Waals surface area contributed by atoms with Gasteiger partial charge in [0.05, 0.1) is 25.6 Å². The summed E-state index contributed by atoms with van der Waals surface area (Å²) in [5, 5.41) is 0. The van der Waals surface area contributed by atoms with E-state index in [2.05, 4.69) is 26.3 Å². The number of rotatable bonds is 3. The zero-order valence-corrected chi connectivity index (χ0v) is 15.2. The van der Waals surface area contributed by atoms with Gasteiger partial charge in [-0.3, -0.25) is 9.69 Å². The Hall–Kier alpha value is -1.40. The van der Waals surface area contributed by atoms with Crippen LogP contribution in [0.2, 0.25) is 0 Å². The maximum Gasteiger partial charge on any atom is 0.242 e. The molecule has 1 aromatic rings. The molecule has 6 nitrogen and oxygen atoms in total. The van der Waals surface area contributed by atoms with Crippen LogP contribution in [0.3, 0.4) is 0 Å². The van der Waals surface area contributed by atoms with Crippen molar-refractivity contribution in [2.24, 2.45) is 5.92 Å². The lowest BCUT2D eigenvalue weighted by Crippen LogP contribution is -2.59. The smallest absolute Gasteiger partial charge is 0.242 e. The van der Waals surface area contributed by atoms with E-state index in [9.17, 15) is 4.79 Å². The summed E-state index contributed by atoms with van der Waals surface area (Å²) < 4.78 is 7.86. The number of ether oxygens (including phenoxy) is 1. The summed E-state index contributed by atoms with van der Waals surface area (Å²) in [6.45, 7) is 6.13. The van der Waals surface area contributed by atoms with E-state index in [-0.39, 0.29) is 11.9 Å². The number of morpholine rings is 1. The largest absolute Gasteiger partial charge is 0.378 e. The van der Waals surface area contributed by atoms with Crippen LogP contribution < -0.4 is 0 Å². The zero-order valence-electron chi connectivity index (χ0n) is 15.2. The molecule has 0 bridgehead atoms. The summed E-state index contributed by atoms with van der Waals surface area (Å²) in [6.07, 6.45) is 11.8. The Kier molecular flexibility index (Phi) is 5.08. The molecule has 1 aromatic heterocycles. The normalized spacial score (nSPS) is 32.2. The van der Waals surface area contributed by atoms with Crippen molar-refractivity contribution in [2.45, 2.75) is 57.2 Å². The number of likely N-dealkylation sites (tertiary alicyclic amines) is 1. The Morgan fingerprint density at radius 3 is 2.80 bits per heavy atom. The average molecular weight is 346 g/mol. The fourth-order valence-corrected chi connectivity index (χ4v) is 4.82. The quantitative estimate of drug-likeness (QED) is 0.839. The van der Waals surface area contributed by atoms with E-state index in [1.165, 1.54) is 25.7 Å². The van der Waals surface area contributed by atoms with Gasteiger partial charge in [-0.1, -0.05) is 19.8 Å². The lowest BCUT2D eigenvalue weighted by atomic mass is 9.92. The van der Waals surface area contributed by atoms with Crippen molar-refractivity contribution in [3.63, 3.8) is 0 Å². The fourth-order valence-electron chi connectivity index (χ4n) is 4.82. The first-order valence-corrected chi connectivity index (χ1v) is 9.84. The molecule has 1 aliphatic carbocycles. The standard InChI is InChI=1S/C19H30N4O2/c1-15-6-8-21(12-17(15)22-9-7-20-14-22)19(24)18-13-25-11-10-23(18)16-4-2-3-5-16/h7,9,14-18H,2-6,8,10-13H2,1H3. The monoisotopic (exact) mass is 346 g/mol. The lowest BCUT2D eigenvalue weighted by molar-refractivity contribution is -0.147. The van der Waals surface area contributed by atoms with E-state index in [0.29, 0.717) is 24.6 Å². The van der Waals surface area contributed by atoms with Gasteiger partial charge in [-0.2, -0.15) is 0 Å². The molecule has 3 unspecified atom stereocenters. The molecule has 0 spiro atoms. The maximum absolute atomic E-state index is 13.3. The molecule has 3 fully saturated rings. The van der Waals surface area contributed by atoms with Crippen LogP contribution in [0.4, 0.5) is 0 Å². The zero-order chi connectivity index (χ0) is 17.2. The summed E-state index contributed by atoms with van der Waals surface area (Å²) in [7, 11) is 0. The van der Waals surface area contributed by atoms with Gasteiger partial charge < -0.3 is 14.2 Å². The SMILES string of the molecule is CC1CCN(C(=O)C2COCCN2C2CCCC2)CC1n1ccnc1. The van der Waals surface area contributed by atoms with Crippen molar-refractivity contribution in [3.05, 3.63) is 18.7 Å². The maximum atomic E-state index is 13.3. The van der Waals surface area contributed by atoms with Crippen LogP contribution >= 0.6 is 0 Å². The Bertz CT molecular complexity index is 570. The molecule has 138 valence electrons. The van der Waals surface area contributed by atoms with Gasteiger partial charge in [0, 0.05) is 38.1 Å². The van der Waals surface area contributed by atoms with Crippen molar-refractivity contribution in [1.29, 1.82) is 0 Å². The lowest BCUT2D eigenvalue weighted by Gasteiger charge is -2.44. The number of aromatic nitrogens is 2. The Morgan fingerprint density at radius 1 is 1.20 bits per heavy atom. The molecule has 3 atom stereocenters. The molecule has 1 saturated carbocycles. The summed E-state index contributed by atoms with van der Waals surface area (Å²) in [5.41, 5.74) is 0. The predicted molar refractivity (Wildman–Crippen MR) is 95.2 cm³/mol. The minimum absolute atomic E-state index is 0.0892. The van der Waals surface area contributed by atoms with Crippen LogP contribution in [-0.4, -0.2) is 70.2 Å². The minimum Gasteiger partial charge on any atom is -0.378 e. The third-order valence-corrected chi connectivity index (χ3v) is 6.39. The van der Waals surface area contributed by atoms with Crippen molar-refractivity contribution in [3.8, 4) is 0 Å². The van der Waals surface area contributed by atoms with Crippen molar-refractivity contribution >= 4 is 5.91 Å². The van der Waals surface area contributed by atoms with E-state index in [1.54, 1.807) is 0 Å². The Morgan fingerprint density at radius 2 is 2.04 bits per heavy atom. The van der Waals surface area contributed by atoms with E-state index in [1.807, 2.05) is 18.7 Å². The summed E-state index contributed by atoms with van der Waals surface area (Å²) in [6, 6.07) is 0.810. The molecule has 3 heterocycles. The second-order valence-corrected chi connectivity index (χ2v) is 7.89. The second kappa shape index (κ2) is 7.46. The molecule has 4 rings (SSSR count). The van der Waals surface area contributed by atoms with Gasteiger partial charge in [0.2, 0.25) is 5.91 Å². The molecule has 0 radical (unpaired) electrons. The van der Waals surface area contributed by atoms with E-state index < -0.39 is 0 Å². The Balaban J connectivity index is 1.47. The van der Waals surface area contributed by atoms with Gasteiger partial charge in [0.25, 0.3) is 0 Å². The van der Waals surface area contributed by atoms with Gasteiger partial charge in [-0.15, -0.1) is 0 Å². The first-order chi connectivity index (χ1) is 12.2. The molecule has 6 heteroatoms. The molecule has 2 aliphatic heterocycles. The summed E-state index contributed by atoms with van der Waals surface area (Å²) in [4.78, 5) is 22.0. The fraction of sp³-hybridized carbons (Fsp3) is 0.789. The highest BCUT2D eigenvalue weighted by Crippen LogP contribution is 2.30. The topological polar surface area (TPSA) is 50.6 Å². The van der Waals surface area contributed by atoms with Crippen LogP contribution in [-0.2, 0) is 9.53 Å². The summed E-state index contributed by atoms with van der Waals surface area (Å²) >= 11 is 0. The molecule has 3 aliphatic rings. The second-order valence-electron chi connectivity index (χ2n) is 7.89.